The topological polar surface area (TPSA) is 37.3 Å². The molecule has 0 saturated heterocycles. The van der Waals surface area contributed by atoms with Crippen molar-refractivity contribution in [3.63, 3.8) is 0 Å². The molecule has 0 aromatic carbocycles. The van der Waals surface area contributed by atoms with Crippen LogP contribution in [0.5, 0.6) is 0 Å². The predicted molar refractivity (Wildman–Crippen MR) is 40.8 cm³/mol. The standard InChI is InChI=1S/C9H11O2/c10-9(11)5-8-4-6-1-2-7(8)3-6/h1-2,6-7H,3-5H2,(H,10,11). The minimum atomic E-state index is -0.680. The monoisotopic (exact) mass is 151 g/mol. The van der Waals surface area contributed by atoms with Gasteiger partial charge in [-0.05, 0) is 30.6 Å². The van der Waals surface area contributed by atoms with E-state index in [9.17, 15) is 4.79 Å². The summed E-state index contributed by atoms with van der Waals surface area (Å²) < 4.78 is 0. The minimum Gasteiger partial charge on any atom is -0.481 e. The van der Waals surface area contributed by atoms with Crippen molar-refractivity contribution in [2.75, 3.05) is 0 Å². The van der Waals surface area contributed by atoms with Crippen molar-refractivity contribution in [3.8, 4) is 0 Å². The molecule has 0 amide bonds. The van der Waals surface area contributed by atoms with Crippen LogP contribution in [0.25, 0.3) is 0 Å². The SMILES string of the molecule is O=C(O)C[C]1CC2C=CC1C2. The summed E-state index contributed by atoms with van der Waals surface area (Å²) in [4.78, 5) is 10.4. The summed E-state index contributed by atoms with van der Waals surface area (Å²) in [7, 11) is 0. The molecule has 1 radical (unpaired) electrons. The highest BCUT2D eigenvalue weighted by atomic mass is 16.4. The first-order chi connectivity index (χ1) is 5.25. The molecule has 1 fully saturated rings. The molecule has 0 spiro atoms. The van der Waals surface area contributed by atoms with E-state index in [1.54, 1.807) is 0 Å². The Bertz CT molecular complexity index is 208. The van der Waals surface area contributed by atoms with Gasteiger partial charge in [-0.2, -0.15) is 0 Å². The Balaban J connectivity index is 1.98. The molecular weight excluding hydrogens is 140 g/mol. The number of fused-ring (bicyclic) bond motifs is 2. The van der Waals surface area contributed by atoms with Crippen molar-refractivity contribution >= 4 is 5.97 Å². The summed E-state index contributed by atoms with van der Waals surface area (Å²) in [6.45, 7) is 0. The summed E-state index contributed by atoms with van der Waals surface area (Å²) in [5.74, 6) is 1.70. The van der Waals surface area contributed by atoms with Crippen LogP contribution in [-0.4, -0.2) is 11.1 Å². The number of carbonyl (C=O) groups is 1. The molecule has 2 nitrogen and oxygen atoms in total. The lowest BCUT2D eigenvalue weighted by Crippen LogP contribution is -2.09. The van der Waals surface area contributed by atoms with Gasteiger partial charge in [-0.25, -0.2) is 0 Å². The Labute approximate surface area is 65.9 Å². The maximum absolute atomic E-state index is 10.4. The zero-order valence-corrected chi connectivity index (χ0v) is 6.29. The van der Waals surface area contributed by atoms with E-state index >= 15 is 0 Å². The largest absolute Gasteiger partial charge is 0.481 e. The second kappa shape index (κ2) is 2.36. The van der Waals surface area contributed by atoms with Gasteiger partial charge in [0, 0.05) is 0 Å². The number of hydrogen-bond acceptors (Lipinski definition) is 1. The number of carboxylic acid groups (broad SMARTS) is 1. The second-order valence-corrected chi connectivity index (χ2v) is 3.42. The van der Waals surface area contributed by atoms with Crippen molar-refractivity contribution in [1.82, 2.24) is 0 Å². The molecule has 0 aromatic heterocycles. The van der Waals surface area contributed by atoms with E-state index < -0.39 is 5.97 Å². The third kappa shape index (κ3) is 1.17. The molecule has 2 unspecified atom stereocenters. The Hall–Kier alpha value is -0.790. The highest BCUT2D eigenvalue weighted by Gasteiger charge is 2.36. The fourth-order valence-electron chi connectivity index (χ4n) is 2.11. The van der Waals surface area contributed by atoms with Gasteiger partial charge in [0.25, 0.3) is 0 Å². The summed E-state index contributed by atoms with van der Waals surface area (Å²) in [5, 5.41) is 8.56. The van der Waals surface area contributed by atoms with Gasteiger partial charge in [0.15, 0.2) is 0 Å². The molecule has 0 aliphatic heterocycles. The molecule has 1 saturated carbocycles. The molecule has 2 heteroatoms. The molecular formula is C9H11O2. The molecule has 2 bridgehead atoms. The van der Waals surface area contributed by atoms with E-state index in [1.165, 1.54) is 12.3 Å². The van der Waals surface area contributed by atoms with E-state index in [2.05, 4.69) is 12.2 Å². The summed E-state index contributed by atoms with van der Waals surface area (Å²) in [6, 6.07) is 0. The van der Waals surface area contributed by atoms with Gasteiger partial charge in [-0.15, -0.1) is 0 Å². The first kappa shape index (κ1) is 6.89. The van der Waals surface area contributed by atoms with E-state index in [1.807, 2.05) is 0 Å². The molecule has 2 aliphatic rings. The first-order valence-corrected chi connectivity index (χ1v) is 4.00. The van der Waals surface area contributed by atoms with Gasteiger partial charge in [-0.3, -0.25) is 4.79 Å². The molecule has 2 aliphatic carbocycles. The smallest absolute Gasteiger partial charge is 0.303 e. The number of allylic oxidation sites excluding steroid dienone is 2. The van der Waals surface area contributed by atoms with Crippen LogP contribution in [0, 0.1) is 17.8 Å². The molecule has 0 heterocycles. The molecule has 1 N–H and O–H groups in total. The maximum atomic E-state index is 10.4. The highest BCUT2D eigenvalue weighted by molar-refractivity contribution is 5.69. The molecule has 59 valence electrons. The number of carboxylic acids is 1. The van der Waals surface area contributed by atoms with Gasteiger partial charge in [-0.1, -0.05) is 12.2 Å². The van der Waals surface area contributed by atoms with Crippen molar-refractivity contribution in [3.05, 3.63) is 18.1 Å². The zero-order chi connectivity index (χ0) is 7.84. The minimum absolute atomic E-state index is 0.283. The third-order valence-corrected chi connectivity index (χ3v) is 2.60. The lowest BCUT2D eigenvalue weighted by atomic mass is 9.91. The van der Waals surface area contributed by atoms with Crippen LogP contribution in [0.2, 0.25) is 0 Å². The zero-order valence-electron chi connectivity index (χ0n) is 6.29. The van der Waals surface area contributed by atoms with Crippen LogP contribution in [-0.2, 0) is 4.79 Å². The van der Waals surface area contributed by atoms with E-state index in [0.717, 1.165) is 6.42 Å². The lowest BCUT2D eigenvalue weighted by Gasteiger charge is -2.13. The van der Waals surface area contributed by atoms with Crippen LogP contribution in [0.4, 0.5) is 0 Å². The van der Waals surface area contributed by atoms with E-state index in [-0.39, 0.29) is 6.42 Å². The average Bonchev–Trinajstić information content (AvgIpc) is 2.45. The second-order valence-electron chi connectivity index (χ2n) is 3.42. The summed E-state index contributed by atoms with van der Waals surface area (Å²) in [6.07, 6.45) is 6.85. The Morgan fingerprint density at radius 1 is 1.64 bits per heavy atom. The fourth-order valence-corrected chi connectivity index (χ4v) is 2.11. The fraction of sp³-hybridized carbons (Fsp3) is 0.556. The van der Waals surface area contributed by atoms with Gasteiger partial charge < -0.3 is 5.11 Å². The van der Waals surface area contributed by atoms with E-state index in [0.29, 0.717) is 11.8 Å². The van der Waals surface area contributed by atoms with Crippen LogP contribution in [0.15, 0.2) is 12.2 Å². The van der Waals surface area contributed by atoms with Crippen molar-refractivity contribution in [1.29, 1.82) is 0 Å². The Kier molecular flexibility index (Phi) is 1.48. The van der Waals surface area contributed by atoms with Crippen LogP contribution >= 0.6 is 0 Å². The van der Waals surface area contributed by atoms with Gasteiger partial charge >= 0.3 is 5.97 Å². The Morgan fingerprint density at radius 2 is 2.45 bits per heavy atom. The quantitative estimate of drug-likeness (QED) is 0.609. The molecule has 11 heavy (non-hydrogen) atoms. The first-order valence-electron chi connectivity index (χ1n) is 4.00. The Morgan fingerprint density at radius 3 is 2.91 bits per heavy atom. The molecule has 0 aromatic rings. The number of rotatable bonds is 2. The highest BCUT2D eigenvalue weighted by Crippen LogP contribution is 2.46. The normalized spacial score (nSPS) is 34.9. The number of aliphatic carboxylic acids is 1. The summed E-state index contributed by atoms with van der Waals surface area (Å²) in [5.41, 5.74) is 0. The van der Waals surface area contributed by atoms with Crippen LogP contribution in [0.1, 0.15) is 19.3 Å². The predicted octanol–water partition coefficient (Wildman–Crippen LogP) is 1.63. The molecule has 2 rings (SSSR count). The summed E-state index contributed by atoms with van der Waals surface area (Å²) >= 11 is 0. The van der Waals surface area contributed by atoms with Crippen molar-refractivity contribution in [2.45, 2.75) is 19.3 Å². The lowest BCUT2D eigenvalue weighted by molar-refractivity contribution is -0.136. The number of hydrogen-bond donors (Lipinski definition) is 1. The van der Waals surface area contributed by atoms with Crippen LogP contribution < -0.4 is 0 Å². The van der Waals surface area contributed by atoms with Gasteiger partial charge in [0.2, 0.25) is 0 Å². The van der Waals surface area contributed by atoms with Gasteiger partial charge in [0.05, 0.1) is 6.42 Å². The average molecular weight is 151 g/mol. The van der Waals surface area contributed by atoms with E-state index in [4.69, 9.17) is 5.11 Å². The third-order valence-electron chi connectivity index (χ3n) is 2.60. The van der Waals surface area contributed by atoms with Crippen molar-refractivity contribution in [2.24, 2.45) is 11.8 Å². The molecule has 2 atom stereocenters. The van der Waals surface area contributed by atoms with Crippen molar-refractivity contribution < 1.29 is 9.90 Å². The van der Waals surface area contributed by atoms with Crippen LogP contribution in [0.3, 0.4) is 0 Å². The maximum Gasteiger partial charge on any atom is 0.303 e. The van der Waals surface area contributed by atoms with Gasteiger partial charge in [0.1, 0.15) is 0 Å².